The number of amides is 2. The lowest BCUT2D eigenvalue weighted by Crippen LogP contribution is -2.25. The van der Waals surface area contributed by atoms with Crippen molar-refractivity contribution < 1.29 is 9.59 Å². The van der Waals surface area contributed by atoms with Crippen molar-refractivity contribution in [2.75, 3.05) is 13.1 Å². The lowest BCUT2D eigenvalue weighted by molar-refractivity contribution is -0.117. The topological polar surface area (TPSA) is 58.2 Å². The summed E-state index contributed by atoms with van der Waals surface area (Å²) >= 11 is 0. The minimum atomic E-state index is -0.108. The van der Waals surface area contributed by atoms with E-state index in [9.17, 15) is 9.59 Å². The van der Waals surface area contributed by atoms with Gasteiger partial charge in [0.05, 0.1) is 0 Å². The van der Waals surface area contributed by atoms with E-state index in [4.69, 9.17) is 0 Å². The summed E-state index contributed by atoms with van der Waals surface area (Å²) < 4.78 is 0. The molecule has 0 aliphatic rings. The van der Waals surface area contributed by atoms with E-state index in [0.29, 0.717) is 13.1 Å². The van der Waals surface area contributed by atoms with Crippen molar-refractivity contribution >= 4 is 24.0 Å². The van der Waals surface area contributed by atoms with Crippen LogP contribution in [-0.2, 0) is 9.59 Å². The first-order chi connectivity index (χ1) is 12.7. The molecule has 2 amide bonds. The second-order valence-electron chi connectivity index (χ2n) is 5.78. The highest BCUT2D eigenvalue weighted by molar-refractivity contribution is 5.92. The van der Waals surface area contributed by atoms with Crippen LogP contribution in [0, 0.1) is 0 Å². The Morgan fingerprint density at radius 2 is 1.04 bits per heavy atom. The molecule has 0 aliphatic heterocycles. The molecule has 2 aromatic rings. The van der Waals surface area contributed by atoms with Crippen LogP contribution in [0.3, 0.4) is 0 Å². The van der Waals surface area contributed by atoms with Gasteiger partial charge in [0.1, 0.15) is 0 Å². The second kappa shape index (κ2) is 11.4. The fourth-order valence-corrected chi connectivity index (χ4v) is 2.26. The van der Waals surface area contributed by atoms with Gasteiger partial charge in [-0.1, -0.05) is 60.7 Å². The van der Waals surface area contributed by atoms with Crippen molar-refractivity contribution in [3.05, 3.63) is 83.9 Å². The lowest BCUT2D eigenvalue weighted by Gasteiger charge is -2.03. The van der Waals surface area contributed by atoms with Gasteiger partial charge in [0.2, 0.25) is 11.8 Å². The van der Waals surface area contributed by atoms with Crippen LogP contribution in [0.25, 0.3) is 12.2 Å². The van der Waals surface area contributed by atoms with E-state index >= 15 is 0 Å². The van der Waals surface area contributed by atoms with E-state index in [1.165, 1.54) is 12.2 Å². The van der Waals surface area contributed by atoms with Gasteiger partial charge in [0.15, 0.2) is 0 Å². The Kier molecular flexibility index (Phi) is 8.43. The van der Waals surface area contributed by atoms with Crippen molar-refractivity contribution in [3.8, 4) is 0 Å². The number of unbranched alkanes of at least 4 members (excludes halogenated alkanes) is 1. The molecule has 0 unspecified atom stereocenters. The zero-order valence-corrected chi connectivity index (χ0v) is 14.7. The Morgan fingerprint density at radius 1 is 0.654 bits per heavy atom. The third kappa shape index (κ3) is 8.11. The average Bonchev–Trinajstić information content (AvgIpc) is 2.69. The summed E-state index contributed by atoms with van der Waals surface area (Å²) in [6, 6.07) is 19.4. The van der Waals surface area contributed by atoms with Crippen molar-refractivity contribution in [1.29, 1.82) is 0 Å². The van der Waals surface area contributed by atoms with Crippen LogP contribution in [0.2, 0.25) is 0 Å². The van der Waals surface area contributed by atoms with Crippen LogP contribution in [0.4, 0.5) is 0 Å². The predicted octanol–water partition coefficient (Wildman–Crippen LogP) is 3.43. The quantitative estimate of drug-likeness (QED) is 0.539. The average molecular weight is 348 g/mol. The van der Waals surface area contributed by atoms with Crippen molar-refractivity contribution in [2.45, 2.75) is 12.8 Å². The van der Waals surface area contributed by atoms with E-state index < -0.39 is 0 Å². The van der Waals surface area contributed by atoms with Crippen molar-refractivity contribution in [2.24, 2.45) is 0 Å². The molecule has 26 heavy (non-hydrogen) atoms. The molecule has 0 saturated heterocycles. The number of carbonyl (C=O) groups is 2. The first-order valence-electron chi connectivity index (χ1n) is 8.76. The van der Waals surface area contributed by atoms with Crippen LogP contribution >= 0.6 is 0 Å². The maximum absolute atomic E-state index is 11.7. The highest BCUT2D eigenvalue weighted by atomic mass is 16.2. The van der Waals surface area contributed by atoms with Crippen LogP contribution in [0.1, 0.15) is 24.0 Å². The molecule has 4 nitrogen and oxygen atoms in total. The van der Waals surface area contributed by atoms with Gasteiger partial charge < -0.3 is 10.6 Å². The molecule has 0 fully saturated rings. The molecule has 2 rings (SSSR count). The number of hydrogen-bond acceptors (Lipinski definition) is 2. The van der Waals surface area contributed by atoms with Gasteiger partial charge in [0, 0.05) is 25.2 Å². The third-order valence-electron chi connectivity index (χ3n) is 3.66. The van der Waals surface area contributed by atoms with Crippen molar-refractivity contribution in [1.82, 2.24) is 10.6 Å². The van der Waals surface area contributed by atoms with Crippen LogP contribution < -0.4 is 10.6 Å². The van der Waals surface area contributed by atoms with Gasteiger partial charge in [-0.15, -0.1) is 0 Å². The Morgan fingerprint density at radius 3 is 1.42 bits per heavy atom. The van der Waals surface area contributed by atoms with Crippen LogP contribution in [0.15, 0.2) is 72.8 Å². The Hall–Kier alpha value is -3.14. The largest absolute Gasteiger partial charge is 0.353 e. The fourth-order valence-electron chi connectivity index (χ4n) is 2.26. The summed E-state index contributed by atoms with van der Waals surface area (Å²) in [5, 5.41) is 5.67. The smallest absolute Gasteiger partial charge is 0.243 e. The maximum atomic E-state index is 11.7. The molecule has 0 radical (unpaired) electrons. The summed E-state index contributed by atoms with van der Waals surface area (Å²) in [6.45, 7) is 1.18. The minimum absolute atomic E-state index is 0.108. The monoisotopic (exact) mass is 348 g/mol. The van der Waals surface area contributed by atoms with E-state index in [2.05, 4.69) is 10.6 Å². The first-order valence-corrected chi connectivity index (χ1v) is 8.76. The van der Waals surface area contributed by atoms with Crippen LogP contribution in [0.5, 0.6) is 0 Å². The molecular weight excluding hydrogens is 324 g/mol. The summed E-state index contributed by atoms with van der Waals surface area (Å²) in [4.78, 5) is 23.4. The predicted molar refractivity (Wildman–Crippen MR) is 106 cm³/mol. The number of benzene rings is 2. The van der Waals surface area contributed by atoms with Gasteiger partial charge in [-0.3, -0.25) is 9.59 Å². The molecule has 0 atom stereocenters. The van der Waals surface area contributed by atoms with E-state index in [-0.39, 0.29) is 11.8 Å². The molecule has 0 bridgehead atoms. The van der Waals surface area contributed by atoms with E-state index in [1.807, 2.05) is 60.7 Å². The van der Waals surface area contributed by atoms with E-state index in [1.54, 1.807) is 12.2 Å². The number of hydrogen-bond donors (Lipinski definition) is 2. The SMILES string of the molecule is O=C(/C=C\c1ccccc1)NCCCCNC(=O)/C=C\c1ccccc1. The molecule has 0 aliphatic carbocycles. The van der Waals surface area contributed by atoms with Gasteiger partial charge in [0.25, 0.3) is 0 Å². The first kappa shape index (κ1) is 19.2. The number of rotatable bonds is 9. The highest BCUT2D eigenvalue weighted by Crippen LogP contribution is 2.01. The lowest BCUT2D eigenvalue weighted by atomic mass is 10.2. The molecule has 0 aromatic heterocycles. The fraction of sp³-hybridized carbons (Fsp3) is 0.182. The standard InChI is InChI=1S/C22H24N2O2/c25-21(15-13-19-9-3-1-4-10-19)23-17-7-8-18-24-22(26)16-14-20-11-5-2-6-12-20/h1-6,9-16H,7-8,17-18H2,(H,23,25)(H,24,26)/b15-13-,16-14-. The summed E-state index contributed by atoms with van der Waals surface area (Å²) in [6.07, 6.45) is 8.27. The summed E-state index contributed by atoms with van der Waals surface area (Å²) in [7, 11) is 0. The molecule has 2 N–H and O–H groups in total. The Balaban J connectivity index is 1.53. The van der Waals surface area contributed by atoms with Gasteiger partial charge in [-0.2, -0.15) is 0 Å². The van der Waals surface area contributed by atoms with Crippen LogP contribution in [-0.4, -0.2) is 24.9 Å². The molecule has 2 aromatic carbocycles. The summed E-state index contributed by atoms with van der Waals surface area (Å²) in [5.74, 6) is -0.215. The maximum Gasteiger partial charge on any atom is 0.243 e. The third-order valence-corrected chi connectivity index (χ3v) is 3.66. The molecule has 4 heteroatoms. The zero-order valence-electron chi connectivity index (χ0n) is 14.7. The molecule has 0 heterocycles. The Labute approximate surface area is 154 Å². The number of nitrogens with one attached hydrogen (secondary N) is 2. The highest BCUT2D eigenvalue weighted by Gasteiger charge is 1.97. The summed E-state index contributed by atoms with van der Waals surface area (Å²) in [5.41, 5.74) is 1.99. The van der Waals surface area contributed by atoms with Gasteiger partial charge in [-0.05, 0) is 36.1 Å². The van der Waals surface area contributed by atoms with Crippen molar-refractivity contribution in [3.63, 3.8) is 0 Å². The second-order valence-corrected chi connectivity index (χ2v) is 5.78. The van der Waals surface area contributed by atoms with E-state index in [0.717, 1.165) is 24.0 Å². The zero-order chi connectivity index (χ0) is 18.5. The number of carbonyl (C=O) groups excluding carboxylic acids is 2. The molecule has 134 valence electrons. The molecule has 0 saturated carbocycles. The normalized spacial score (nSPS) is 10.9. The molecular formula is C22H24N2O2. The van der Waals surface area contributed by atoms with Gasteiger partial charge >= 0.3 is 0 Å². The minimum Gasteiger partial charge on any atom is -0.353 e. The van der Waals surface area contributed by atoms with Gasteiger partial charge in [-0.25, -0.2) is 0 Å². The Bertz CT molecular complexity index is 672. The molecule has 0 spiro atoms.